The van der Waals surface area contributed by atoms with Crippen molar-refractivity contribution in [3.8, 4) is 11.1 Å². The van der Waals surface area contributed by atoms with Gasteiger partial charge in [-0.2, -0.15) is 0 Å². The molecule has 0 saturated heterocycles. The maximum Gasteiger partial charge on any atom is 0.0346 e. The molecule has 84 valence electrons. The average molecular weight is 234 g/mol. The number of nitrogen functional groups attached to an aromatic ring is 1. The summed E-state index contributed by atoms with van der Waals surface area (Å²) >= 11 is 0. The van der Waals surface area contributed by atoms with Crippen LogP contribution in [0, 0.1) is 13.8 Å². The standard InChI is InChI=1S/C14H15N.ClH/c1-10-11(2)14(15)9-8-13(10)12-6-4-3-5-7-12;/h3-9H,15H2,1-2H3;1H. The lowest BCUT2D eigenvalue weighted by Crippen LogP contribution is -1.94. The van der Waals surface area contributed by atoms with Gasteiger partial charge in [0.25, 0.3) is 0 Å². The molecule has 0 spiro atoms. The molecule has 0 bridgehead atoms. The molecule has 2 rings (SSSR count). The highest BCUT2D eigenvalue weighted by Gasteiger charge is 2.05. The maximum atomic E-state index is 5.87. The Hall–Kier alpha value is -1.47. The summed E-state index contributed by atoms with van der Waals surface area (Å²) in [4.78, 5) is 0. The summed E-state index contributed by atoms with van der Waals surface area (Å²) in [5.41, 5.74) is 11.7. The van der Waals surface area contributed by atoms with E-state index in [9.17, 15) is 0 Å². The van der Waals surface area contributed by atoms with Gasteiger partial charge in [0.1, 0.15) is 0 Å². The number of hydrogen-bond donors (Lipinski definition) is 1. The third kappa shape index (κ3) is 2.20. The Morgan fingerprint density at radius 1 is 0.812 bits per heavy atom. The van der Waals surface area contributed by atoms with Crippen LogP contribution in [0.25, 0.3) is 11.1 Å². The minimum absolute atomic E-state index is 0. The first kappa shape index (κ1) is 12.6. The van der Waals surface area contributed by atoms with E-state index in [1.165, 1.54) is 22.3 Å². The summed E-state index contributed by atoms with van der Waals surface area (Å²) in [6.45, 7) is 4.19. The minimum atomic E-state index is 0. The van der Waals surface area contributed by atoms with Crippen molar-refractivity contribution in [2.75, 3.05) is 5.73 Å². The summed E-state index contributed by atoms with van der Waals surface area (Å²) in [5.74, 6) is 0. The van der Waals surface area contributed by atoms with Gasteiger partial charge < -0.3 is 5.73 Å². The molecule has 0 aromatic heterocycles. The van der Waals surface area contributed by atoms with Gasteiger partial charge in [0, 0.05) is 5.69 Å². The summed E-state index contributed by atoms with van der Waals surface area (Å²) in [6, 6.07) is 14.5. The highest BCUT2D eigenvalue weighted by atomic mass is 35.5. The predicted octanol–water partition coefficient (Wildman–Crippen LogP) is 3.97. The predicted molar refractivity (Wildman–Crippen MR) is 73.0 cm³/mol. The van der Waals surface area contributed by atoms with E-state index < -0.39 is 0 Å². The summed E-state index contributed by atoms with van der Waals surface area (Å²) in [7, 11) is 0. The van der Waals surface area contributed by atoms with E-state index in [0.717, 1.165) is 5.69 Å². The topological polar surface area (TPSA) is 26.0 Å². The monoisotopic (exact) mass is 233 g/mol. The van der Waals surface area contributed by atoms with Gasteiger partial charge in [-0.3, -0.25) is 0 Å². The first-order chi connectivity index (χ1) is 7.20. The number of rotatable bonds is 1. The third-order valence-electron chi connectivity index (χ3n) is 2.91. The zero-order valence-electron chi connectivity index (χ0n) is 9.53. The van der Waals surface area contributed by atoms with Gasteiger partial charge in [0.2, 0.25) is 0 Å². The Balaban J connectivity index is 0.00000128. The van der Waals surface area contributed by atoms with Crippen molar-refractivity contribution >= 4 is 18.1 Å². The quantitative estimate of drug-likeness (QED) is 0.741. The van der Waals surface area contributed by atoms with E-state index in [2.05, 4.69) is 44.2 Å². The van der Waals surface area contributed by atoms with Gasteiger partial charge in [0.15, 0.2) is 0 Å². The van der Waals surface area contributed by atoms with Crippen LogP contribution < -0.4 is 5.73 Å². The molecular weight excluding hydrogens is 218 g/mol. The third-order valence-corrected chi connectivity index (χ3v) is 2.91. The molecule has 0 radical (unpaired) electrons. The molecule has 2 heteroatoms. The van der Waals surface area contributed by atoms with Crippen molar-refractivity contribution in [2.45, 2.75) is 13.8 Å². The second-order valence-corrected chi connectivity index (χ2v) is 3.82. The Bertz CT molecular complexity index is 478. The van der Waals surface area contributed by atoms with Crippen LogP contribution in [0.15, 0.2) is 42.5 Å². The Morgan fingerprint density at radius 3 is 2.06 bits per heavy atom. The van der Waals surface area contributed by atoms with E-state index in [1.54, 1.807) is 0 Å². The first-order valence-electron chi connectivity index (χ1n) is 5.11. The number of anilines is 1. The fourth-order valence-corrected chi connectivity index (χ4v) is 1.77. The number of hydrogen-bond acceptors (Lipinski definition) is 1. The largest absolute Gasteiger partial charge is 0.399 e. The number of halogens is 1. The van der Waals surface area contributed by atoms with Gasteiger partial charge in [-0.1, -0.05) is 36.4 Å². The molecule has 0 aliphatic heterocycles. The highest BCUT2D eigenvalue weighted by molar-refractivity contribution is 5.85. The highest BCUT2D eigenvalue weighted by Crippen LogP contribution is 2.28. The Kier molecular flexibility index (Phi) is 3.97. The molecule has 2 N–H and O–H groups in total. The van der Waals surface area contributed by atoms with E-state index in [4.69, 9.17) is 5.73 Å². The van der Waals surface area contributed by atoms with Crippen LogP contribution in [0.4, 0.5) is 5.69 Å². The molecule has 2 aromatic carbocycles. The van der Waals surface area contributed by atoms with Crippen molar-refractivity contribution in [1.82, 2.24) is 0 Å². The molecule has 0 saturated carbocycles. The van der Waals surface area contributed by atoms with Crippen LogP contribution in [-0.4, -0.2) is 0 Å². The molecule has 0 heterocycles. The zero-order chi connectivity index (χ0) is 10.8. The second-order valence-electron chi connectivity index (χ2n) is 3.82. The SMILES string of the molecule is Cc1c(N)ccc(-c2ccccc2)c1C.Cl. The van der Waals surface area contributed by atoms with Gasteiger partial charge >= 0.3 is 0 Å². The Labute approximate surface area is 103 Å². The van der Waals surface area contributed by atoms with Crippen LogP contribution in [0.1, 0.15) is 11.1 Å². The Morgan fingerprint density at radius 2 is 1.44 bits per heavy atom. The van der Waals surface area contributed by atoms with Gasteiger partial charge in [-0.05, 0) is 42.2 Å². The van der Waals surface area contributed by atoms with E-state index >= 15 is 0 Å². The van der Waals surface area contributed by atoms with Gasteiger partial charge in [-0.25, -0.2) is 0 Å². The van der Waals surface area contributed by atoms with E-state index in [-0.39, 0.29) is 12.4 Å². The second kappa shape index (κ2) is 5.04. The molecule has 0 aliphatic carbocycles. The van der Waals surface area contributed by atoms with Crippen molar-refractivity contribution in [2.24, 2.45) is 0 Å². The molecule has 2 aromatic rings. The molecule has 16 heavy (non-hydrogen) atoms. The van der Waals surface area contributed by atoms with Crippen molar-refractivity contribution in [1.29, 1.82) is 0 Å². The van der Waals surface area contributed by atoms with Gasteiger partial charge in [0.05, 0.1) is 0 Å². The molecule has 1 nitrogen and oxygen atoms in total. The normalized spacial score (nSPS) is 9.62. The summed E-state index contributed by atoms with van der Waals surface area (Å²) in [6.07, 6.45) is 0. The van der Waals surface area contributed by atoms with Crippen molar-refractivity contribution < 1.29 is 0 Å². The first-order valence-corrected chi connectivity index (χ1v) is 5.11. The average Bonchev–Trinajstić information content (AvgIpc) is 2.27. The number of benzene rings is 2. The lowest BCUT2D eigenvalue weighted by molar-refractivity contribution is 1.34. The zero-order valence-corrected chi connectivity index (χ0v) is 10.3. The van der Waals surface area contributed by atoms with Crippen LogP contribution in [0.2, 0.25) is 0 Å². The van der Waals surface area contributed by atoms with Crippen LogP contribution in [0.3, 0.4) is 0 Å². The maximum absolute atomic E-state index is 5.87. The van der Waals surface area contributed by atoms with Crippen LogP contribution in [0.5, 0.6) is 0 Å². The molecule has 0 amide bonds. The lowest BCUT2D eigenvalue weighted by Gasteiger charge is -2.10. The molecule has 0 fully saturated rings. The van der Waals surface area contributed by atoms with Gasteiger partial charge in [-0.15, -0.1) is 12.4 Å². The molecule has 0 unspecified atom stereocenters. The minimum Gasteiger partial charge on any atom is -0.399 e. The summed E-state index contributed by atoms with van der Waals surface area (Å²) in [5, 5.41) is 0. The molecule has 0 aliphatic rings. The van der Waals surface area contributed by atoms with E-state index in [1.807, 2.05) is 12.1 Å². The fourth-order valence-electron chi connectivity index (χ4n) is 1.77. The van der Waals surface area contributed by atoms with Crippen molar-refractivity contribution in [3.05, 3.63) is 53.6 Å². The fraction of sp³-hybridized carbons (Fsp3) is 0.143. The van der Waals surface area contributed by atoms with Crippen LogP contribution in [-0.2, 0) is 0 Å². The van der Waals surface area contributed by atoms with Crippen LogP contribution >= 0.6 is 12.4 Å². The molecule has 0 atom stereocenters. The smallest absolute Gasteiger partial charge is 0.0346 e. The lowest BCUT2D eigenvalue weighted by atomic mass is 9.96. The number of nitrogens with two attached hydrogens (primary N) is 1. The molecular formula is C14H16ClN. The summed E-state index contributed by atoms with van der Waals surface area (Å²) < 4.78 is 0. The van der Waals surface area contributed by atoms with Crippen molar-refractivity contribution in [3.63, 3.8) is 0 Å². The van der Waals surface area contributed by atoms with E-state index in [0.29, 0.717) is 0 Å².